The second kappa shape index (κ2) is 12.6. The van der Waals surface area contributed by atoms with Gasteiger partial charge in [-0.15, -0.1) is 0 Å². The highest BCUT2D eigenvalue weighted by atomic mass is 16.5. The minimum Gasteiger partial charge on any atom is -0.495 e. The minimum atomic E-state index is -0.519. The molecule has 3 aromatic carbocycles. The molecule has 0 spiro atoms. The van der Waals surface area contributed by atoms with Gasteiger partial charge in [0, 0.05) is 5.69 Å². The molecule has 0 aliphatic carbocycles. The van der Waals surface area contributed by atoms with Gasteiger partial charge in [0.05, 0.1) is 19.4 Å². The highest BCUT2D eigenvalue weighted by Gasteiger charge is 2.13. The molecule has 0 fully saturated rings. The largest absolute Gasteiger partial charge is 0.495 e. The number of nitrogens with one attached hydrogen (secondary N) is 2. The number of para-hydroxylation sites is 2. The first-order chi connectivity index (χ1) is 17.4. The third-order valence-electron chi connectivity index (χ3n) is 4.96. The molecular weight excluding hydrogens is 458 g/mol. The van der Waals surface area contributed by atoms with Crippen molar-refractivity contribution in [3.8, 4) is 23.3 Å². The van der Waals surface area contributed by atoms with Gasteiger partial charge in [-0.1, -0.05) is 30.3 Å². The van der Waals surface area contributed by atoms with Gasteiger partial charge in [-0.25, -0.2) is 0 Å². The van der Waals surface area contributed by atoms with Crippen LogP contribution in [0.4, 0.5) is 11.4 Å². The summed E-state index contributed by atoms with van der Waals surface area (Å²) in [5.74, 6) is 0.385. The van der Waals surface area contributed by atoms with E-state index in [1.165, 1.54) is 13.2 Å². The number of hydrogen-bond acceptors (Lipinski definition) is 6. The number of nitriles is 1. The third kappa shape index (κ3) is 7.11. The second-order valence-corrected chi connectivity index (χ2v) is 7.67. The van der Waals surface area contributed by atoms with Crippen molar-refractivity contribution in [3.63, 3.8) is 0 Å². The standard InChI is InChI=1S/C28H27N3O5/c1-4-35-26-16-20(15-21(17-29)28(33)30-22-9-7-8-19(2)14-22)12-13-25(26)36-18-27(32)31-23-10-5-6-11-24(23)34-3/h5-16H,4,18H2,1-3H3,(H,30,33)(H,31,32)/b21-15+. The Balaban J connectivity index is 1.71. The van der Waals surface area contributed by atoms with Crippen molar-refractivity contribution in [2.45, 2.75) is 13.8 Å². The van der Waals surface area contributed by atoms with Gasteiger partial charge < -0.3 is 24.8 Å². The average Bonchev–Trinajstić information content (AvgIpc) is 2.87. The van der Waals surface area contributed by atoms with Crippen molar-refractivity contribution in [1.82, 2.24) is 0 Å². The van der Waals surface area contributed by atoms with Crippen LogP contribution in [0, 0.1) is 18.3 Å². The summed E-state index contributed by atoms with van der Waals surface area (Å²) < 4.78 is 16.6. The molecule has 0 saturated heterocycles. The fraction of sp³-hybridized carbons (Fsp3) is 0.179. The minimum absolute atomic E-state index is 0.0659. The van der Waals surface area contributed by atoms with Crippen molar-refractivity contribution in [2.75, 3.05) is 31.0 Å². The molecule has 3 rings (SSSR count). The number of aryl methyl sites for hydroxylation is 1. The van der Waals surface area contributed by atoms with E-state index >= 15 is 0 Å². The zero-order valence-corrected chi connectivity index (χ0v) is 20.3. The van der Waals surface area contributed by atoms with Gasteiger partial charge in [-0.2, -0.15) is 5.26 Å². The number of rotatable bonds is 10. The molecule has 0 aliphatic rings. The fourth-order valence-electron chi connectivity index (χ4n) is 3.32. The summed E-state index contributed by atoms with van der Waals surface area (Å²) in [6.07, 6.45) is 1.46. The monoisotopic (exact) mass is 485 g/mol. The zero-order chi connectivity index (χ0) is 25.9. The van der Waals surface area contributed by atoms with E-state index in [2.05, 4.69) is 10.6 Å². The van der Waals surface area contributed by atoms with Crippen LogP contribution in [0.5, 0.6) is 17.2 Å². The molecule has 0 unspecified atom stereocenters. The van der Waals surface area contributed by atoms with Crippen molar-refractivity contribution in [1.29, 1.82) is 5.26 Å². The zero-order valence-electron chi connectivity index (χ0n) is 20.3. The lowest BCUT2D eigenvalue weighted by Crippen LogP contribution is -2.20. The molecule has 0 atom stereocenters. The number of methoxy groups -OCH3 is 1. The molecular formula is C28H27N3O5. The van der Waals surface area contributed by atoms with E-state index in [4.69, 9.17) is 14.2 Å². The summed E-state index contributed by atoms with van der Waals surface area (Å²) in [7, 11) is 1.52. The topological polar surface area (TPSA) is 110 Å². The summed E-state index contributed by atoms with van der Waals surface area (Å²) >= 11 is 0. The predicted octanol–water partition coefficient (Wildman–Crippen LogP) is 4.97. The van der Waals surface area contributed by atoms with Gasteiger partial charge >= 0.3 is 0 Å². The van der Waals surface area contributed by atoms with Crippen LogP contribution in [0.1, 0.15) is 18.1 Å². The maximum absolute atomic E-state index is 12.6. The van der Waals surface area contributed by atoms with Crippen LogP contribution in [-0.4, -0.2) is 32.1 Å². The van der Waals surface area contributed by atoms with Crippen LogP contribution in [0.2, 0.25) is 0 Å². The molecule has 0 aliphatic heterocycles. The van der Waals surface area contributed by atoms with Gasteiger partial charge in [-0.05, 0) is 67.4 Å². The van der Waals surface area contributed by atoms with E-state index in [0.717, 1.165) is 5.56 Å². The predicted molar refractivity (Wildman–Crippen MR) is 138 cm³/mol. The molecule has 0 heterocycles. The first-order valence-corrected chi connectivity index (χ1v) is 11.3. The lowest BCUT2D eigenvalue weighted by Gasteiger charge is -2.14. The lowest BCUT2D eigenvalue weighted by molar-refractivity contribution is -0.118. The summed E-state index contributed by atoms with van der Waals surface area (Å²) in [4.78, 5) is 25.0. The Morgan fingerprint density at radius 1 is 0.944 bits per heavy atom. The van der Waals surface area contributed by atoms with Gasteiger partial charge in [0.25, 0.3) is 11.8 Å². The van der Waals surface area contributed by atoms with Crippen LogP contribution >= 0.6 is 0 Å². The van der Waals surface area contributed by atoms with Crippen molar-refractivity contribution in [2.24, 2.45) is 0 Å². The van der Waals surface area contributed by atoms with Crippen molar-refractivity contribution in [3.05, 3.63) is 83.4 Å². The molecule has 8 nitrogen and oxygen atoms in total. The highest BCUT2D eigenvalue weighted by molar-refractivity contribution is 6.09. The van der Waals surface area contributed by atoms with Crippen LogP contribution in [-0.2, 0) is 9.59 Å². The van der Waals surface area contributed by atoms with Crippen LogP contribution in [0.25, 0.3) is 6.08 Å². The van der Waals surface area contributed by atoms with Crippen molar-refractivity contribution < 1.29 is 23.8 Å². The number of nitrogens with zero attached hydrogens (tertiary/aromatic N) is 1. The van der Waals surface area contributed by atoms with E-state index in [0.29, 0.717) is 40.8 Å². The van der Waals surface area contributed by atoms with Gasteiger partial charge in [0.2, 0.25) is 0 Å². The van der Waals surface area contributed by atoms with E-state index in [1.807, 2.05) is 38.1 Å². The van der Waals surface area contributed by atoms with Crippen LogP contribution < -0.4 is 24.8 Å². The normalized spacial score (nSPS) is 10.7. The van der Waals surface area contributed by atoms with Gasteiger partial charge in [0.15, 0.2) is 18.1 Å². The molecule has 36 heavy (non-hydrogen) atoms. The number of ether oxygens (including phenoxy) is 3. The summed E-state index contributed by atoms with van der Waals surface area (Å²) in [6, 6.07) is 21.3. The Hall–Kier alpha value is -4.77. The quantitative estimate of drug-likeness (QED) is 0.310. The Morgan fingerprint density at radius 3 is 2.47 bits per heavy atom. The molecule has 3 aromatic rings. The SMILES string of the molecule is CCOc1cc(/C=C(\C#N)C(=O)Nc2cccc(C)c2)ccc1OCC(=O)Nc1ccccc1OC. The van der Waals surface area contributed by atoms with Crippen molar-refractivity contribution >= 4 is 29.3 Å². The van der Waals surface area contributed by atoms with E-state index in [1.54, 1.807) is 48.5 Å². The lowest BCUT2D eigenvalue weighted by atomic mass is 10.1. The molecule has 0 aromatic heterocycles. The maximum Gasteiger partial charge on any atom is 0.266 e. The number of benzene rings is 3. The molecule has 2 amide bonds. The Kier molecular flexibility index (Phi) is 9.06. The van der Waals surface area contributed by atoms with Crippen LogP contribution in [0.15, 0.2) is 72.3 Å². The summed E-state index contributed by atoms with van der Waals surface area (Å²) in [6.45, 7) is 3.83. The van der Waals surface area contributed by atoms with Crippen LogP contribution in [0.3, 0.4) is 0 Å². The highest BCUT2D eigenvalue weighted by Crippen LogP contribution is 2.30. The molecule has 2 N–H and O–H groups in total. The van der Waals surface area contributed by atoms with Gasteiger partial charge in [0.1, 0.15) is 17.4 Å². The Morgan fingerprint density at radius 2 is 1.75 bits per heavy atom. The smallest absolute Gasteiger partial charge is 0.266 e. The second-order valence-electron chi connectivity index (χ2n) is 7.67. The number of carbonyl (C=O) groups is 2. The number of amides is 2. The molecule has 8 heteroatoms. The Labute approximate surface area is 210 Å². The van der Waals surface area contributed by atoms with E-state index < -0.39 is 5.91 Å². The molecule has 0 saturated carbocycles. The number of carbonyl (C=O) groups excluding carboxylic acids is 2. The number of hydrogen-bond donors (Lipinski definition) is 2. The molecule has 184 valence electrons. The summed E-state index contributed by atoms with van der Waals surface area (Å²) in [5.41, 5.74) is 2.63. The first-order valence-electron chi connectivity index (χ1n) is 11.3. The summed E-state index contributed by atoms with van der Waals surface area (Å²) in [5, 5.41) is 15.0. The Bertz CT molecular complexity index is 1310. The fourth-order valence-corrected chi connectivity index (χ4v) is 3.32. The molecule has 0 radical (unpaired) electrons. The third-order valence-corrected chi connectivity index (χ3v) is 4.96. The maximum atomic E-state index is 12.6. The van der Waals surface area contributed by atoms with E-state index in [-0.39, 0.29) is 18.1 Å². The molecule has 0 bridgehead atoms. The average molecular weight is 486 g/mol. The van der Waals surface area contributed by atoms with Gasteiger partial charge in [-0.3, -0.25) is 9.59 Å². The first kappa shape index (κ1) is 25.8. The number of anilines is 2. The van der Waals surface area contributed by atoms with E-state index in [9.17, 15) is 14.9 Å².